The highest BCUT2D eigenvalue weighted by Gasteiger charge is 2.20. The van der Waals surface area contributed by atoms with E-state index in [4.69, 9.17) is 4.42 Å². The summed E-state index contributed by atoms with van der Waals surface area (Å²) in [5.41, 5.74) is 4.11. The highest BCUT2D eigenvalue weighted by Crippen LogP contribution is 2.20. The molecular formula is C24H28N4O3. The normalized spacial score (nSPS) is 15.2. The summed E-state index contributed by atoms with van der Waals surface area (Å²) in [7, 11) is 0. The van der Waals surface area contributed by atoms with Gasteiger partial charge in [0.05, 0.1) is 6.54 Å². The molecule has 31 heavy (non-hydrogen) atoms. The zero-order chi connectivity index (χ0) is 21.8. The molecule has 0 aliphatic carbocycles. The van der Waals surface area contributed by atoms with Crippen LogP contribution >= 0.6 is 0 Å². The van der Waals surface area contributed by atoms with E-state index < -0.39 is 0 Å². The van der Waals surface area contributed by atoms with Gasteiger partial charge in [0.25, 0.3) is 5.91 Å². The number of hydrogen-bond acceptors (Lipinski definition) is 6. The lowest BCUT2D eigenvalue weighted by molar-refractivity contribution is 0.102. The van der Waals surface area contributed by atoms with Crippen LogP contribution in [0.2, 0.25) is 0 Å². The van der Waals surface area contributed by atoms with E-state index in [2.05, 4.69) is 20.1 Å². The lowest BCUT2D eigenvalue weighted by Gasteiger charge is -2.34. The lowest BCUT2D eigenvalue weighted by Crippen LogP contribution is -2.45. The SMILES string of the molecule is Cc1ccc(C)c(NC(=O)c2coc(CN3CCN(Cc4ccccc4O)CC3)n2)c1. The molecule has 0 spiro atoms. The summed E-state index contributed by atoms with van der Waals surface area (Å²) in [5, 5.41) is 12.9. The number of aromatic hydroxyl groups is 1. The van der Waals surface area contributed by atoms with Gasteiger partial charge in [0.15, 0.2) is 5.69 Å². The number of benzene rings is 2. The molecule has 7 nitrogen and oxygen atoms in total. The van der Waals surface area contributed by atoms with Crippen LogP contribution < -0.4 is 5.32 Å². The second-order valence-electron chi connectivity index (χ2n) is 8.08. The number of aromatic nitrogens is 1. The van der Waals surface area contributed by atoms with Crippen molar-refractivity contribution in [2.45, 2.75) is 26.9 Å². The van der Waals surface area contributed by atoms with Crippen molar-refractivity contribution in [2.75, 3.05) is 31.5 Å². The van der Waals surface area contributed by atoms with E-state index in [1.807, 2.05) is 50.2 Å². The topological polar surface area (TPSA) is 81.8 Å². The molecule has 7 heteroatoms. The molecule has 1 fully saturated rings. The largest absolute Gasteiger partial charge is 0.508 e. The van der Waals surface area contributed by atoms with Crippen LogP contribution in [0.1, 0.15) is 33.1 Å². The van der Waals surface area contributed by atoms with Gasteiger partial charge in [0.2, 0.25) is 5.89 Å². The summed E-state index contributed by atoms with van der Waals surface area (Å²) in [6.45, 7) is 8.81. The zero-order valence-electron chi connectivity index (χ0n) is 18.0. The average molecular weight is 421 g/mol. The third kappa shape index (κ3) is 5.31. The molecule has 2 N–H and O–H groups in total. The Labute approximate surface area is 182 Å². The van der Waals surface area contributed by atoms with Crippen LogP contribution in [0.15, 0.2) is 53.1 Å². The Morgan fingerprint density at radius 1 is 1.06 bits per heavy atom. The van der Waals surface area contributed by atoms with Gasteiger partial charge in [0.1, 0.15) is 12.0 Å². The van der Waals surface area contributed by atoms with E-state index in [-0.39, 0.29) is 11.6 Å². The van der Waals surface area contributed by atoms with Crippen molar-refractivity contribution in [1.82, 2.24) is 14.8 Å². The minimum atomic E-state index is -0.267. The number of nitrogens with one attached hydrogen (secondary N) is 1. The molecule has 4 rings (SSSR count). The van der Waals surface area contributed by atoms with Gasteiger partial charge in [-0.25, -0.2) is 4.98 Å². The molecule has 0 bridgehead atoms. The van der Waals surface area contributed by atoms with Crippen LogP contribution in [0.5, 0.6) is 5.75 Å². The number of anilines is 1. The van der Waals surface area contributed by atoms with Gasteiger partial charge in [-0.05, 0) is 37.1 Å². The maximum absolute atomic E-state index is 12.6. The first-order valence-electron chi connectivity index (χ1n) is 10.5. The summed E-state index contributed by atoms with van der Waals surface area (Å²) in [5.74, 6) is 0.618. The van der Waals surface area contributed by atoms with E-state index in [0.717, 1.165) is 55.1 Å². The van der Waals surface area contributed by atoms with Crippen LogP contribution in [0, 0.1) is 13.8 Å². The molecule has 0 saturated carbocycles. The molecule has 1 aliphatic heterocycles. The number of hydrogen-bond donors (Lipinski definition) is 2. The third-order valence-electron chi connectivity index (χ3n) is 5.64. The molecule has 1 aromatic heterocycles. The fraction of sp³-hybridized carbons (Fsp3) is 0.333. The number of aryl methyl sites for hydroxylation is 2. The van der Waals surface area contributed by atoms with Crippen molar-refractivity contribution in [1.29, 1.82) is 0 Å². The van der Waals surface area contributed by atoms with Crippen LogP contribution in [0.25, 0.3) is 0 Å². The molecule has 2 heterocycles. The van der Waals surface area contributed by atoms with Crippen molar-refractivity contribution >= 4 is 11.6 Å². The van der Waals surface area contributed by atoms with E-state index in [9.17, 15) is 9.90 Å². The Morgan fingerprint density at radius 2 is 1.77 bits per heavy atom. The monoisotopic (exact) mass is 420 g/mol. The molecule has 2 aromatic carbocycles. The maximum Gasteiger partial charge on any atom is 0.277 e. The van der Waals surface area contributed by atoms with Gasteiger partial charge in [0, 0.05) is 44.0 Å². The lowest BCUT2D eigenvalue weighted by atomic mass is 10.1. The molecule has 0 atom stereocenters. The average Bonchev–Trinajstić information content (AvgIpc) is 3.22. The number of carbonyl (C=O) groups is 1. The molecule has 162 valence electrons. The first-order chi connectivity index (χ1) is 15.0. The number of carbonyl (C=O) groups excluding carboxylic acids is 1. The first kappa shape index (κ1) is 21.1. The predicted molar refractivity (Wildman–Crippen MR) is 119 cm³/mol. The second-order valence-corrected chi connectivity index (χ2v) is 8.08. The van der Waals surface area contributed by atoms with E-state index in [0.29, 0.717) is 18.2 Å². The number of nitrogens with zero attached hydrogens (tertiary/aromatic N) is 3. The van der Waals surface area contributed by atoms with Gasteiger partial charge in [-0.15, -0.1) is 0 Å². The molecule has 1 saturated heterocycles. The smallest absolute Gasteiger partial charge is 0.277 e. The highest BCUT2D eigenvalue weighted by molar-refractivity contribution is 6.03. The van der Waals surface area contributed by atoms with Crippen molar-refractivity contribution in [2.24, 2.45) is 0 Å². The molecule has 1 amide bonds. The summed E-state index contributed by atoms with van der Waals surface area (Å²) in [6, 6.07) is 13.4. The number of phenolic OH excluding ortho intramolecular Hbond substituents is 1. The van der Waals surface area contributed by atoms with Crippen molar-refractivity contribution < 1.29 is 14.3 Å². The standard InChI is InChI=1S/C24H28N4O3/c1-17-7-8-18(2)20(13-17)26-24(30)21-16-31-23(25-21)15-28-11-9-27(10-12-28)14-19-5-3-4-6-22(19)29/h3-8,13,16,29H,9-12,14-15H2,1-2H3,(H,26,30). The molecule has 3 aromatic rings. The fourth-order valence-electron chi connectivity index (χ4n) is 3.73. The van der Waals surface area contributed by atoms with Crippen molar-refractivity contribution in [3.05, 3.63) is 77.0 Å². The Hall–Kier alpha value is -3.16. The van der Waals surface area contributed by atoms with Crippen molar-refractivity contribution in [3.8, 4) is 5.75 Å². The number of phenols is 1. The van der Waals surface area contributed by atoms with E-state index >= 15 is 0 Å². The van der Waals surface area contributed by atoms with Crippen LogP contribution in [0.3, 0.4) is 0 Å². The third-order valence-corrected chi connectivity index (χ3v) is 5.64. The van der Waals surface area contributed by atoms with Crippen LogP contribution in [-0.4, -0.2) is 52.0 Å². The van der Waals surface area contributed by atoms with E-state index in [1.54, 1.807) is 6.07 Å². The highest BCUT2D eigenvalue weighted by atomic mass is 16.3. The van der Waals surface area contributed by atoms with Crippen molar-refractivity contribution in [3.63, 3.8) is 0 Å². The van der Waals surface area contributed by atoms with Crippen LogP contribution in [0.4, 0.5) is 5.69 Å². The molecule has 0 unspecified atom stereocenters. The number of oxazole rings is 1. The second kappa shape index (κ2) is 9.32. The van der Waals surface area contributed by atoms with Crippen LogP contribution in [-0.2, 0) is 13.1 Å². The number of piperazine rings is 1. The maximum atomic E-state index is 12.6. The van der Waals surface area contributed by atoms with Gasteiger partial charge in [-0.3, -0.25) is 14.6 Å². The Bertz CT molecular complexity index is 1050. The zero-order valence-corrected chi connectivity index (χ0v) is 18.0. The quantitative estimate of drug-likeness (QED) is 0.635. The predicted octanol–water partition coefficient (Wildman–Crippen LogP) is 3.57. The summed E-state index contributed by atoms with van der Waals surface area (Å²) in [6.07, 6.45) is 1.42. The van der Waals surface area contributed by atoms with Gasteiger partial charge in [-0.1, -0.05) is 30.3 Å². The summed E-state index contributed by atoms with van der Waals surface area (Å²) >= 11 is 0. The van der Waals surface area contributed by atoms with Gasteiger partial charge in [-0.2, -0.15) is 0 Å². The summed E-state index contributed by atoms with van der Waals surface area (Å²) < 4.78 is 5.56. The van der Waals surface area contributed by atoms with Gasteiger partial charge < -0.3 is 14.8 Å². The van der Waals surface area contributed by atoms with Gasteiger partial charge >= 0.3 is 0 Å². The molecule has 0 radical (unpaired) electrons. The minimum Gasteiger partial charge on any atom is -0.508 e. The Balaban J connectivity index is 1.29. The fourth-order valence-corrected chi connectivity index (χ4v) is 3.73. The number of para-hydroxylation sites is 1. The van der Waals surface area contributed by atoms with E-state index in [1.165, 1.54) is 6.26 Å². The minimum absolute atomic E-state index is 0.267. The number of amides is 1. The Kier molecular flexibility index (Phi) is 6.34. The Morgan fingerprint density at radius 3 is 2.52 bits per heavy atom. The first-order valence-corrected chi connectivity index (χ1v) is 10.5. The molecular weight excluding hydrogens is 392 g/mol. The number of rotatable bonds is 6. The molecule has 1 aliphatic rings. The summed E-state index contributed by atoms with van der Waals surface area (Å²) in [4.78, 5) is 21.5.